The molecule has 1 atom stereocenters. The first kappa shape index (κ1) is 26.3. The van der Waals surface area contributed by atoms with Crippen LogP contribution in [-0.4, -0.2) is 35.9 Å². The summed E-state index contributed by atoms with van der Waals surface area (Å²) in [6.45, 7) is 3.36. The zero-order valence-corrected chi connectivity index (χ0v) is 20.9. The van der Waals surface area contributed by atoms with Crippen LogP contribution in [0.3, 0.4) is 0 Å². The smallest absolute Gasteiger partial charge is 0.243 e. The van der Waals surface area contributed by atoms with Gasteiger partial charge in [0.1, 0.15) is 11.8 Å². The number of benzene rings is 3. The van der Waals surface area contributed by atoms with Gasteiger partial charge in [0.15, 0.2) is 0 Å². The molecule has 2 amide bonds. The quantitative estimate of drug-likeness (QED) is 0.313. The summed E-state index contributed by atoms with van der Waals surface area (Å²) in [6, 6.07) is 26.2. The fourth-order valence-corrected chi connectivity index (χ4v) is 3.91. The molecule has 0 aliphatic heterocycles. The molecule has 0 radical (unpaired) electrons. The number of ether oxygens (including phenoxy) is 1. The van der Waals surface area contributed by atoms with Crippen molar-refractivity contribution in [3.63, 3.8) is 0 Å². The Balaban J connectivity index is 1.74. The van der Waals surface area contributed by atoms with Crippen LogP contribution < -0.4 is 10.1 Å². The van der Waals surface area contributed by atoms with Crippen LogP contribution in [0.5, 0.6) is 5.75 Å². The minimum absolute atomic E-state index is 0.0684. The first-order chi connectivity index (χ1) is 17.1. The third-order valence-corrected chi connectivity index (χ3v) is 5.89. The molecular weight excluding hydrogens is 460 g/mol. The Morgan fingerprint density at radius 3 is 2.17 bits per heavy atom. The van der Waals surface area contributed by atoms with Crippen LogP contribution >= 0.6 is 11.6 Å². The summed E-state index contributed by atoms with van der Waals surface area (Å²) in [5.74, 6) is 0.516. The summed E-state index contributed by atoms with van der Waals surface area (Å²) in [5, 5.41) is 3.65. The van der Waals surface area contributed by atoms with Gasteiger partial charge in [0, 0.05) is 31.0 Å². The second-order valence-electron chi connectivity index (χ2n) is 8.41. The Kier molecular flexibility index (Phi) is 10.6. The highest BCUT2D eigenvalue weighted by Crippen LogP contribution is 2.18. The maximum Gasteiger partial charge on any atom is 0.243 e. The first-order valence-corrected chi connectivity index (χ1v) is 12.5. The van der Waals surface area contributed by atoms with Gasteiger partial charge in [0.05, 0.1) is 6.61 Å². The molecule has 184 valence electrons. The summed E-state index contributed by atoms with van der Waals surface area (Å²) in [7, 11) is 0. The molecule has 0 spiro atoms. The number of hydrogen-bond donors (Lipinski definition) is 1. The standard InChI is InChI=1S/C29H33ClN2O3/c1-2-19-31-29(34)27(21-23-10-5-3-6-11-23)32(22-24-12-7-4-8-13-24)28(33)14-9-20-35-26-17-15-25(30)16-18-26/h3-8,10-13,15-18,27H,2,9,14,19-22H2,1H3,(H,31,34). The van der Waals surface area contributed by atoms with Gasteiger partial charge in [-0.05, 0) is 48.2 Å². The molecule has 0 saturated carbocycles. The van der Waals surface area contributed by atoms with Gasteiger partial charge in [0.2, 0.25) is 11.8 Å². The van der Waals surface area contributed by atoms with Crippen molar-refractivity contribution in [2.75, 3.05) is 13.2 Å². The van der Waals surface area contributed by atoms with Gasteiger partial charge in [-0.15, -0.1) is 0 Å². The number of halogens is 1. The van der Waals surface area contributed by atoms with E-state index in [0.717, 1.165) is 17.5 Å². The number of hydrogen-bond acceptors (Lipinski definition) is 3. The third-order valence-electron chi connectivity index (χ3n) is 5.63. The van der Waals surface area contributed by atoms with Crippen molar-refractivity contribution in [2.24, 2.45) is 0 Å². The van der Waals surface area contributed by atoms with Crippen molar-refractivity contribution >= 4 is 23.4 Å². The molecule has 0 bridgehead atoms. The normalized spacial score (nSPS) is 11.5. The highest BCUT2D eigenvalue weighted by Gasteiger charge is 2.29. The van der Waals surface area contributed by atoms with Gasteiger partial charge < -0.3 is 15.0 Å². The number of carbonyl (C=O) groups excluding carboxylic acids is 2. The second kappa shape index (κ2) is 14.2. The van der Waals surface area contributed by atoms with Crippen molar-refractivity contribution < 1.29 is 14.3 Å². The van der Waals surface area contributed by atoms with Gasteiger partial charge in [-0.2, -0.15) is 0 Å². The topological polar surface area (TPSA) is 58.6 Å². The van der Waals surface area contributed by atoms with Crippen molar-refractivity contribution in [1.82, 2.24) is 10.2 Å². The van der Waals surface area contributed by atoms with E-state index >= 15 is 0 Å². The number of nitrogens with one attached hydrogen (secondary N) is 1. The third kappa shape index (κ3) is 8.76. The molecule has 3 aromatic rings. The van der Waals surface area contributed by atoms with E-state index in [0.29, 0.717) is 43.3 Å². The maximum atomic E-state index is 13.5. The molecule has 3 aromatic carbocycles. The minimum Gasteiger partial charge on any atom is -0.494 e. The Bertz CT molecular complexity index is 1040. The number of nitrogens with zero attached hydrogens (tertiary/aromatic N) is 1. The summed E-state index contributed by atoms with van der Waals surface area (Å²) < 4.78 is 5.76. The number of rotatable bonds is 13. The lowest BCUT2D eigenvalue weighted by Crippen LogP contribution is -2.50. The average Bonchev–Trinajstić information content (AvgIpc) is 2.89. The molecule has 5 nitrogen and oxygen atoms in total. The molecule has 35 heavy (non-hydrogen) atoms. The molecule has 0 aliphatic carbocycles. The SMILES string of the molecule is CCCNC(=O)C(Cc1ccccc1)N(Cc1ccccc1)C(=O)CCCOc1ccc(Cl)cc1. The fourth-order valence-electron chi connectivity index (χ4n) is 3.79. The van der Waals surface area contributed by atoms with E-state index in [1.807, 2.05) is 67.6 Å². The fraction of sp³-hybridized carbons (Fsp3) is 0.310. The van der Waals surface area contributed by atoms with Crippen LogP contribution in [0.2, 0.25) is 5.02 Å². The van der Waals surface area contributed by atoms with Crippen LogP contribution in [-0.2, 0) is 22.6 Å². The van der Waals surface area contributed by atoms with E-state index in [1.165, 1.54) is 0 Å². The Morgan fingerprint density at radius 2 is 1.54 bits per heavy atom. The van der Waals surface area contributed by atoms with E-state index in [-0.39, 0.29) is 18.2 Å². The molecular formula is C29H33ClN2O3. The second-order valence-corrected chi connectivity index (χ2v) is 8.85. The lowest BCUT2D eigenvalue weighted by Gasteiger charge is -2.31. The summed E-state index contributed by atoms with van der Waals surface area (Å²) in [5.41, 5.74) is 2.00. The highest BCUT2D eigenvalue weighted by molar-refractivity contribution is 6.30. The molecule has 0 aliphatic rings. The Hall–Kier alpha value is -3.31. The summed E-state index contributed by atoms with van der Waals surface area (Å²) in [6.07, 6.45) is 2.11. The lowest BCUT2D eigenvalue weighted by molar-refractivity contribution is -0.141. The molecule has 1 unspecified atom stereocenters. The lowest BCUT2D eigenvalue weighted by atomic mass is 10.0. The number of carbonyl (C=O) groups is 2. The van der Waals surface area contributed by atoms with Crippen LogP contribution in [0.1, 0.15) is 37.3 Å². The van der Waals surface area contributed by atoms with E-state index in [9.17, 15) is 9.59 Å². The Morgan fingerprint density at radius 1 is 0.914 bits per heavy atom. The van der Waals surface area contributed by atoms with E-state index in [4.69, 9.17) is 16.3 Å². The van der Waals surface area contributed by atoms with Gasteiger partial charge in [-0.25, -0.2) is 0 Å². The van der Waals surface area contributed by atoms with Gasteiger partial charge in [0.25, 0.3) is 0 Å². The monoisotopic (exact) mass is 492 g/mol. The van der Waals surface area contributed by atoms with Crippen molar-refractivity contribution in [2.45, 2.75) is 45.2 Å². The molecule has 6 heteroatoms. The largest absolute Gasteiger partial charge is 0.494 e. The summed E-state index contributed by atoms with van der Waals surface area (Å²) >= 11 is 5.92. The maximum absolute atomic E-state index is 13.5. The predicted molar refractivity (Wildman–Crippen MR) is 140 cm³/mol. The zero-order chi connectivity index (χ0) is 24.9. The first-order valence-electron chi connectivity index (χ1n) is 12.1. The van der Waals surface area contributed by atoms with Crippen LogP contribution in [0.15, 0.2) is 84.9 Å². The van der Waals surface area contributed by atoms with Crippen LogP contribution in [0, 0.1) is 0 Å². The van der Waals surface area contributed by atoms with Crippen LogP contribution in [0.4, 0.5) is 0 Å². The zero-order valence-electron chi connectivity index (χ0n) is 20.2. The highest BCUT2D eigenvalue weighted by atomic mass is 35.5. The van der Waals surface area contributed by atoms with E-state index < -0.39 is 6.04 Å². The van der Waals surface area contributed by atoms with Gasteiger partial charge >= 0.3 is 0 Å². The molecule has 0 aromatic heterocycles. The molecule has 0 heterocycles. The molecule has 3 rings (SSSR count). The summed E-state index contributed by atoms with van der Waals surface area (Å²) in [4.78, 5) is 28.4. The van der Waals surface area contributed by atoms with Crippen molar-refractivity contribution in [3.8, 4) is 5.75 Å². The average molecular weight is 493 g/mol. The van der Waals surface area contributed by atoms with E-state index in [1.54, 1.807) is 29.2 Å². The molecule has 1 N–H and O–H groups in total. The van der Waals surface area contributed by atoms with Gasteiger partial charge in [-0.1, -0.05) is 79.2 Å². The van der Waals surface area contributed by atoms with Crippen LogP contribution in [0.25, 0.3) is 0 Å². The minimum atomic E-state index is -0.603. The van der Waals surface area contributed by atoms with Crippen molar-refractivity contribution in [3.05, 3.63) is 101 Å². The Labute approximate surface area is 213 Å². The van der Waals surface area contributed by atoms with Crippen molar-refractivity contribution in [1.29, 1.82) is 0 Å². The predicted octanol–water partition coefficient (Wildman–Crippen LogP) is 5.67. The van der Waals surface area contributed by atoms with E-state index in [2.05, 4.69) is 5.32 Å². The molecule has 0 fully saturated rings. The molecule has 0 saturated heterocycles. The number of amides is 2. The van der Waals surface area contributed by atoms with Gasteiger partial charge in [-0.3, -0.25) is 9.59 Å².